The largest absolute Gasteiger partial charge is 0.462 e. The van der Waals surface area contributed by atoms with Gasteiger partial charge in [0.15, 0.2) is 0 Å². The summed E-state index contributed by atoms with van der Waals surface area (Å²) in [6.07, 6.45) is 0. The number of esters is 1. The van der Waals surface area contributed by atoms with Crippen LogP contribution >= 0.6 is 0 Å². The summed E-state index contributed by atoms with van der Waals surface area (Å²) in [5.74, 6) is -0.276. The number of aryl methyl sites for hydroxylation is 1. The molecule has 0 amide bonds. The third-order valence-electron chi connectivity index (χ3n) is 4.77. The Hall–Kier alpha value is -1.66. The molecule has 0 saturated carbocycles. The van der Waals surface area contributed by atoms with E-state index in [0.717, 1.165) is 32.7 Å². The molecule has 23 heavy (non-hydrogen) atoms. The molecule has 1 aliphatic heterocycles. The first kappa shape index (κ1) is 17.7. The van der Waals surface area contributed by atoms with E-state index in [-0.39, 0.29) is 11.8 Å². The van der Waals surface area contributed by atoms with E-state index >= 15 is 0 Å². The van der Waals surface area contributed by atoms with E-state index in [2.05, 4.69) is 11.9 Å². The maximum absolute atomic E-state index is 12.6. The predicted octanol–water partition coefficient (Wildman–Crippen LogP) is -1.21. The number of hydrogen-bond acceptors (Lipinski definition) is 3. The van der Waals surface area contributed by atoms with E-state index < -0.39 is 0 Å². The molecule has 0 spiro atoms. The van der Waals surface area contributed by atoms with Crippen molar-refractivity contribution >= 4 is 11.8 Å². The van der Waals surface area contributed by atoms with Gasteiger partial charge in [-0.1, -0.05) is 0 Å². The third kappa shape index (κ3) is 4.00. The van der Waals surface area contributed by atoms with E-state index in [1.165, 1.54) is 4.90 Å². The van der Waals surface area contributed by atoms with Gasteiger partial charge in [-0.3, -0.25) is 4.79 Å². The van der Waals surface area contributed by atoms with E-state index in [4.69, 9.17) is 4.74 Å². The van der Waals surface area contributed by atoms with Gasteiger partial charge in [-0.15, -0.1) is 0 Å². The Kier molecular flexibility index (Phi) is 5.96. The topological polar surface area (TPSA) is 68.0 Å². The number of likely N-dealkylation sites (N-methyl/N-ethyl adjacent to an activating group) is 1. The lowest BCUT2D eigenvalue weighted by Gasteiger charge is -2.28. The lowest BCUT2D eigenvalue weighted by atomic mass is 10.1. The molecule has 6 nitrogen and oxygen atoms in total. The number of nitrogens with one attached hydrogen (secondary N) is 3. The zero-order valence-electron chi connectivity index (χ0n) is 14.7. The van der Waals surface area contributed by atoms with Crippen molar-refractivity contribution in [2.24, 2.45) is 0 Å². The van der Waals surface area contributed by atoms with Gasteiger partial charge in [0.2, 0.25) is 5.78 Å². The Morgan fingerprint density at radius 3 is 2.26 bits per heavy atom. The molecular formula is C17H29N3O3+2. The minimum atomic E-state index is -0.356. The molecule has 2 rings (SSSR count). The number of piperazine rings is 1. The molecule has 6 heteroatoms. The molecule has 1 aromatic rings. The lowest BCUT2D eigenvalue weighted by Crippen LogP contribution is -3.28. The summed E-state index contributed by atoms with van der Waals surface area (Å²) in [5.41, 5.74) is 2.48. The van der Waals surface area contributed by atoms with Crippen LogP contribution in [0.5, 0.6) is 0 Å². The SMILES string of the molecule is CCOC(=O)c1c(C)[nH]c(C(=O)C[NH+]2CC[NH+](CC)CC2)c1C. The van der Waals surface area contributed by atoms with Gasteiger partial charge < -0.3 is 19.5 Å². The van der Waals surface area contributed by atoms with Gasteiger partial charge in [0.1, 0.15) is 32.7 Å². The Balaban J connectivity index is 2.06. The fourth-order valence-corrected chi connectivity index (χ4v) is 3.34. The van der Waals surface area contributed by atoms with Crippen molar-refractivity contribution in [1.29, 1.82) is 0 Å². The van der Waals surface area contributed by atoms with Crippen molar-refractivity contribution in [1.82, 2.24) is 4.98 Å². The summed E-state index contributed by atoms with van der Waals surface area (Å²) in [4.78, 5) is 30.7. The third-order valence-corrected chi connectivity index (χ3v) is 4.77. The second kappa shape index (κ2) is 7.75. The number of ketones is 1. The zero-order valence-corrected chi connectivity index (χ0v) is 14.7. The van der Waals surface area contributed by atoms with Gasteiger partial charge >= 0.3 is 5.97 Å². The van der Waals surface area contributed by atoms with Crippen LogP contribution in [0, 0.1) is 13.8 Å². The molecule has 1 fully saturated rings. The van der Waals surface area contributed by atoms with Crippen LogP contribution in [0.15, 0.2) is 0 Å². The number of ether oxygens (including phenoxy) is 1. The highest BCUT2D eigenvalue weighted by Crippen LogP contribution is 2.19. The van der Waals surface area contributed by atoms with Crippen LogP contribution < -0.4 is 9.80 Å². The van der Waals surface area contributed by atoms with Crippen LogP contribution in [-0.2, 0) is 4.74 Å². The van der Waals surface area contributed by atoms with E-state index in [1.807, 2.05) is 13.8 Å². The average molecular weight is 323 g/mol. The standard InChI is InChI=1S/C17H27N3O3/c1-5-19-7-9-20(10-8-19)11-14(21)16-12(3)15(13(4)18-16)17(22)23-6-2/h18H,5-11H2,1-4H3/p+2. The van der Waals surface area contributed by atoms with Crippen LogP contribution in [0.3, 0.4) is 0 Å². The summed E-state index contributed by atoms with van der Waals surface area (Å²) in [7, 11) is 0. The van der Waals surface area contributed by atoms with E-state index in [0.29, 0.717) is 35.7 Å². The van der Waals surface area contributed by atoms with Crippen molar-refractivity contribution in [3.05, 3.63) is 22.5 Å². The van der Waals surface area contributed by atoms with Crippen molar-refractivity contribution in [2.45, 2.75) is 27.7 Å². The molecule has 0 bridgehead atoms. The number of carbonyl (C=O) groups excluding carboxylic acids is 2. The van der Waals surface area contributed by atoms with Crippen molar-refractivity contribution in [3.8, 4) is 0 Å². The molecule has 0 aromatic carbocycles. The van der Waals surface area contributed by atoms with Gasteiger partial charge in [-0.05, 0) is 33.3 Å². The molecule has 128 valence electrons. The van der Waals surface area contributed by atoms with Crippen molar-refractivity contribution < 1.29 is 24.1 Å². The number of H-pyrrole nitrogens is 1. The normalized spacial score (nSPS) is 21.2. The Morgan fingerprint density at radius 1 is 1.09 bits per heavy atom. The van der Waals surface area contributed by atoms with E-state index in [1.54, 1.807) is 11.8 Å². The first-order valence-electron chi connectivity index (χ1n) is 8.54. The Morgan fingerprint density at radius 2 is 1.70 bits per heavy atom. The quantitative estimate of drug-likeness (QED) is 0.455. The van der Waals surface area contributed by atoms with Gasteiger partial charge in [0.05, 0.1) is 24.4 Å². The number of aromatic nitrogens is 1. The zero-order chi connectivity index (χ0) is 17.0. The average Bonchev–Trinajstić information content (AvgIpc) is 2.83. The maximum Gasteiger partial charge on any atom is 0.340 e. The minimum absolute atomic E-state index is 0.0797. The van der Waals surface area contributed by atoms with Crippen molar-refractivity contribution in [3.63, 3.8) is 0 Å². The minimum Gasteiger partial charge on any atom is -0.462 e. The van der Waals surface area contributed by atoms with Gasteiger partial charge in [0, 0.05) is 5.69 Å². The Labute approximate surface area is 137 Å². The molecular weight excluding hydrogens is 294 g/mol. The summed E-state index contributed by atoms with van der Waals surface area (Å²) in [6.45, 7) is 13.9. The fraction of sp³-hybridized carbons (Fsp3) is 0.647. The summed E-state index contributed by atoms with van der Waals surface area (Å²) >= 11 is 0. The molecule has 1 aliphatic rings. The van der Waals surface area contributed by atoms with Crippen LogP contribution in [0.1, 0.15) is 46.0 Å². The first-order valence-corrected chi connectivity index (χ1v) is 8.54. The van der Waals surface area contributed by atoms with E-state index in [9.17, 15) is 9.59 Å². The highest BCUT2D eigenvalue weighted by atomic mass is 16.5. The van der Waals surface area contributed by atoms with Crippen LogP contribution in [0.4, 0.5) is 0 Å². The molecule has 2 heterocycles. The number of Topliss-reactive ketones (excluding diaryl/α,β-unsaturated/α-hetero) is 1. The number of carbonyl (C=O) groups is 2. The lowest BCUT2D eigenvalue weighted by molar-refractivity contribution is -1.01. The monoisotopic (exact) mass is 323 g/mol. The second-order valence-electron chi connectivity index (χ2n) is 6.30. The van der Waals surface area contributed by atoms with Gasteiger partial charge in [-0.25, -0.2) is 4.79 Å². The van der Waals surface area contributed by atoms with Crippen LogP contribution in [0.2, 0.25) is 0 Å². The fourth-order valence-electron chi connectivity index (χ4n) is 3.34. The molecule has 0 aliphatic carbocycles. The van der Waals surface area contributed by atoms with Crippen molar-refractivity contribution in [2.75, 3.05) is 45.9 Å². The van der Waals surface area contributed by atoms with Gasteiger partial charge in [-0.2, -0.15) is 0 Å². The number of rotatable bonds is 6. The van der Waals surface area contributed by atoms with Gasteiger partial charge in [0.25, 0.3) is 0 Å². The summed E-state index contributed by atoms with van der Waals surface area (Å²) in [5, 5.41) is 0. The summed E-state index contributed by atoms with van der Waals surface area (Å²) < 4.78 is 5.08. The highest BCUT2D eigenvalue weighted by Gasteiger charge is 2.28. The van der Waals surface area contributed by atoms with Crippen LogP contribution in [0.25, 0.3) is 0 Å². The first-order chi connectivity index (χ1) is 11.0. The molecule has 0 radical (unpaired) electrons. The summed E-state index contributed by atoms with van der Waals surface area (Å²) in [6, 6.07) is 0. The number of hydrogen-bond donors (Lipinski definition) is 3. The van der Waals surface area contributed by atoms with Crippen LogP contribution in [-0.4, -0.2) is 62.6 Å². The molecule has 0 atom stereocenters. The second-order valence-corrected chi connectivity index (χ2v) is 6.30. The molecule has 3 N–H and O–H groups in total. The molecule has 0 unspecified atom stereocenters. The maximum atomic E-state index is 12.6. The highest BCUT2D eigenvalue weighted by molar-refractivity contribution is 6.01. The molecule has 1 aromatic heterocycles. The Bertz CT molecular complexity index is 572. The molecule has 1 saturated heterocycles. The smallest absolute Gasteiger partial charge is 0.340 e. The predicted molar refractivity (Wildman–Crippen MR) is 87.4 cm³/mol. The number of quaternary nitrogens is 2. The number of aromatic amines is 1.